The Morgan fingerprint density at radius 2 is 2.00 bits per heavy atom. The topological polar surface area (TPSA) is 80.0 Å². The van der Waals surface area contributed by atoms with Gasteiger partial charge < -0.3 is 16.0 Å². The third-order valence-corrected chi connectivity index (χ3v) is 2.73. The fourth-order valence-corrected chi connectivity index (χ4v) is 1.56. The third kappa shape index (κ3) is 2.50. The van der Waals surface area contributed by atoms with Crippen molar-refractivity contribution in [1.29, 1.82) is 0 Å². The molecule has 2 rings (SSSR count). The lowest BCUT2D eigenvalue weighted by atomic mass is 10.2. The van der Waals surface area contributed by atoms with Crippen molar-refractivity contribution in [1.82, 2.24) is 15.0 Å². The molecule has 0 aliphatic heterocycles. The van der Waals surface area contributed by atoms with Crippen molar-refractivity contribution >= 4 is 17.8 Å². The maximum absolute atomic E-state index is 5.64. The molecule has 0 radical (unpaired) electrons. The van der Waals surface area contributed by atoms with Gasteiger partial charge in [-0.3, -0.25) is 0 Å². The molecule has 1 unspecified atom stereocenters. The second-order valence-corrected chi connectivity index (χ2v) is 4.48. The Balaban J connectivity index is 2.13. The lowest BCUT2D eigenvalue weighted by Crippen LogP contribution is -2.22. The van der Waals surface area contributed by atoms with Crippen LogP contribution in [0.2, 0.25) is 0 Å². The maximum Gasteiger partial charge on any atom is 0.231 e. The number of nitrogen functional groups attached to an aromatic ring is 1. The molecule has 0 spiro atoms. The SMILES string of the molecule is CC(Nc1nc(N)nc(N(C)C)n1)C1CC1. The lowest BCUT2D eigenvalue weighted by molar-refractivity contribution is 0.685. The van der Waals surface area contributed by atoms with Gasteiger partial charge in [0.1, 0.15) is 0 Å². The largest absolute Gasteiger partial charge is 0.368 e. The van der Waals surface area contributed by atoms with Crippen LogP contribution in [0.5, 0.6) is 0 Å². The van der Waals surface area contributed by atoms with Gasteiger partial charge in [0, 0.05) is 20.1 Å². The normalized spacial score (nSPS) is 16.9. The zero-order valence-corrected chi connectivity index (χ0v) is 9.94. The molecule has 3 N–H and O–H groups in total. The Morgan fingerprint density at radius 3 is 2.56 bits per heavy atom. The molecule has 0 bridgehead atoms. The summed E-state index contributed by atoms with van der Waals surface area (Å²) in [6.45, 7) is 2.15. The van der Waals surface area contributed by atoms with Gasteiger partial charge in [-0.25, -0.2) is 0 Å². The van der Waals surface area contributed by atoms with Crippen molar-refractivity contribution in [3.05, 3.63) is 0 Å². The molecule has 1 atom stereocenters. The summed E-state index contributed by atoms with van der Waals surface area (Å²) in [6, 6.07) is 0.400. The van der Waals surface area contributed by atoms with E-state index in [4.69, 9.17) is 5.73 Å². The van der Waals surface area contributed by atoms with E-state index in [9.17, 15) is 0 Å². The summed E-state index contributed by atoms with van der Waals surface area (Å²) in [4.78, 5) is 14.2. The maximum atomic E-state index is 5.64. The molecule has 0 aromatic carbocycles. The van der Waals surface area contributed by atoms with Gasteiger partial charge in [-0.15, -0.1) is 0 Å². The van der Waals surface area contributed by atoms with Gasteiger partial charge in [-0.1, -0.05) is 0 Å². The third-order valence-electron chi connectivity index (χ3n) is 2.73. The van der Waals surface area contributed by atoms with Gasteiger partial charge in [0.25, 0.3) is 0 Å². The van der Waals surface area contributed by atoms with Gasteiger partial charge in [-0.05, 0) is 25.7 Å². The molecule has 0 amide bonds. The van der Waals surface area contributed by atoms with Crippen molar-refractivity contribution in [3.8, 4) is 0 Å². The Morgan fingerprint density at radius 1 is 1.31 bits per heavy atom. The summed E-state index contributed by atoms with van der Waals surface area (Å²) in [5.74, 6) is 2.15. The van der Waals surface area contributed by atoms with Crippen LogP contribution < -0.4 is 16.0 Å². The van der Waals surface area contributed by atoms with Crippen LogP contribution in [0.25, 0.3) is 0 Å². The summed E-state index contributed by atoms with van der Waals surface area (Å²) in [6.07, 6.45) is 2.57. The van der Waals surface area contributed by atoms with Gasteiger partial charge in [-0.2, -0.15) is 15.0 Å². The second kappa shape index (κ2) is 4.11. The van der Waals surface area contributed by atoms with E-state index >= 15 is 0 Å². The van der Waals surface area contributed by atoms with E-state index in [0.717, 1.165) is 5.92 Å². The monoisotopic (exact) mass is 222 g/mol. The van der Waals surface area contributed by atoms with Crippen molar-refractivity contribution in [3.63, 3.8) is 0 Å². The van der Waals surface area contributed by atoms with E-state index in [2.05, 4.69) is 27.2 Å². The van der Waals surface area contributed by atoms with E-state index in [1.54, 1.807) is 0 Å². The van der Waals surface area contributed by atoms with Gasteiger partial charge in [0.2, 0.25) is 17.8 Å². The zero-order valence-electron chi connectivity index (χ0n) is 9.94. The number of nitrogens with zero attached hydrogens (tertiary/aromatic N) is 4. The first-order chi connectivity index (χ1) is 7.56. The highest BCUT2D eigenvalue weighted by Crippen LogP contribution is 2.33. The van der Waals surface area contributed by atoms with E-state index in [0.29, 0.717) is 17.9 Å². The summed E-state index contributed by atoms with van der Waals surface area (Å²) >= 11 is 0. The van der Waals surface area contributed by atoms with Crippen LogP contribution in [0.1, 0.15) is 19.8 Å². The predicted octanol–water partition coefficient (Wildman–Crippen LogP) is 0.730. The first-order valence-electron chi connectivity index (χ1n) is 5.51. The molecular weight excluding hydrogens is 204 g/mol. The highest BCUT2D eigenvalue weighted by Gasteiger charge is 2.28. The first-order valence-corrected chi connectivity index (χ1v) is 5.51. The van der Waals surface area contributed by atoms with E-state index < -0.39 is 0 Å². The van der Waals surface area contributed by atoms with E-state index in [1.165, 1.54) is 12.8 Å². The van der Waals surface area contributed by atoms with Crippen LogP contribution in [0.3, 0.4) is 0 Å². The van der Waals surface area contributed by atoms with Crippen molar-refractivity contribution in [2.75, 3.05) is 30.0 Å². The van der Waals surface area contributed by atoms with Crippen LogP contribution >= 0.6 is 0 Å². The minimum absolute atomic E-state index is 0.254. The van der Waals surface area contributed by atoms with Crippen molar-refractivity contribution < 1.29 is 0 Å². The molecule has 1 aromatic rings. The number of hydrogen-bond donors (Lipinski definition) is 2. The van der Waals surface area contributed by atoms with Crippen molar-refractivity contribution in [2.24, 2.45) is 5.92 Å². The van der Waals surface area contributed by atoms with Crippen LogP contribution in [0.4, 0.5) is 17.8 Å². The molecule has 6 nitrogen and oxygen atoms in total. The summed E-state index contributed by atoms with van der Waals surface area (Å²) in [5.41, 5.74) is 5.64. The standard InChI is InChI=1S/C10H18N6/c1-6(7-4-5-7)12-9-13-8(11)14-10(15-9)16(2)3/h6-7H,4-5H2,1-3H3,(H3,11,12,13,14,15). The number of nitrogens with one attached hydrogen (secondary N) is 1. The Labute approximate surface area is 95.3 Å². The van der Waals surface area contributed by atoms with Crippen LogP contribution in [-0.2, 0) is 0 Å². The van der Waals surface area contributed by atoms with E-state index in [1.807, 2.05) is 19.0 Å². The molecule has 88 valence electrons. The summed E-state index contributed by atoms with van der Waals surface area (Å²) < 4.78 is 0. The molecule has 0 saturated heterocycles. The number of rotatable bonds is 4. The highest BCUT2D eigenvalue weighted by molar-refractivity contribution is 5.41. The molecule has 1 aliphatic rings. The Bertz CT molecular complexity index is 374. The molecule has 6 heteroatoms. The number of hydrogen-bond acceptors (Lipinski definition) is 6. The molecule has 16 heavy (non-hydrogen) atoms. The average Bonchev–Trinajstić information content (AvgIpc) is 2.99. The fraction of sp³-hybridized carbons (Fsp3) is 0.700. The van der Waals surface area contributed by atoms with E-state index in [-0.39, 0.29) is 5.95 Å². The zero-order chi connectivity index (χ0) is 11.7. The van der Waals surface area contributed by atoms with Gasteiger partial charge in [0.05, 0.1) is 0 Å². The second-order valence-electron chi connectivity index (χ2n) is 4.48. The number of nitrogens with two attached hydrogens (primary N) is 1. The average molecular weight is 222 g/mol. The van der Waals surface area contributed by atoms with Crippen LogP contribution in [0, 0.1) is 5.92 Å². The summed E-state index contributed by atoms with van der Waals surface area (Å²) in [5, 5.41) is 3.27. The minimum Gasteiger partial charge on any atom is -0.368 e. The molecule has 1 heterocycles. The van der Waals surface area contributed by atoms with Gasteiger partial charge >= 0.3 is 0 Å². The molecule has 1 aliphatic carbocycles. The first kappa shape index (κ1) is 10.9. The van der Waals surface area contributed by atoms with Crippen LogP contribution in [0.15, 0.2) is 0 Å². The molecular formula is C10H18N6. The number of anilines is 3. The lowest BCUT2D eigenvalue weighted by Gasteiger charge is -2.15. The predicted molar refractivity (Wildman–Crippen MR) is 64.4 cm³/mol. The highest BCUT2D eigenvalue weighted by atomic mass is 15.3. The van der Waals surface area contributed by atoms with Crippen LogP contribution in [-0.4, -0.2) is 35.1 Å². The van der Waals surface area contributed by atoms with Crippen molar-refractivity contribution in [2.45, 2.75) is 25.8 Å². The molecule has 1 fully saturated rings. The smallest absolute Gasteiger partial charge is 0.231 e. The Hall–Kier alpha value is -1.59. The summed E-state index contributed by atoms with van der Waals surface area (Å²) in [7, 11) is 3.76. The molecule has 1 aromatic heterocycles. The molecule has 1 saturated carbocycles. The Kier molecular flexibility index (Phi) is 2.80. The minimum atomic E-state index is 0.254. The quantitative estimate of drug-likeness (QED) is 0.781. The van der Waals surface area contributed by atoms with Gasteiger partial charge in [0.15, 0.2) is 0 Å². The number of aromatic nitrogens is 3. The fourth-order valence-electron chi connectivity index (χ4n) is 1.56.